The molecule has 3 unspecified atom stereocenters. The van der Waals surface area contributed by atoms with Gasteiger partial charge in [-0.2, -0.15) is 0 Å². The van der Waals surface area contributed by atoms with Crippen LogP contribution in [0.1, 0.15) is 44.2 Å². The summed E-state index contributed by atoms with van der Waals surface area (Å²) in [6, 6.07) is 5.55. The average Bonchev–Trinajstić information content (AvgIpc) is 2.40. The number of ether oxygens (including phenoxy) is 1. The predicted octanol–water partition coefficient (Wildman–Crippen LogP) is 3.92. The fraction of sp³-hybridized carbons (Fsp3) is 0.625. The molecule has 1 saturated carbocycles. The summed E-state index contributed by atoms with van der Waals surface area (Å²) >= 11 is 0. The lowest BCUT2D eigenvalue weighted by Crippen LogP contribution is -2.29. The van der Waals surface area contributed by atoms with Gasteiger partial charge in [-0.05, 0) is 49.4 Å². The zero-order valence-electron chi connectivity index (χ0n) is 12.1. The molecule has 1 aliphatic rings. The number of hydrogen-bond donors (Lipinski definition) is 1. The molecule has 0 bridgehead atoms. The van der Waals surface area contributed by atoms with Crippen LogP contribution in [0.25, 0.3) is 0 Å². The third-order valence-electron chi connectivity index (χ3n) is 4.29. The highest BCUT2D eigenvalue weighted by Gasteiger charge is 2.27. The standard InChI is InChI=1S/C16H24FNO/c1-11-5-4-6-12(9-11)16(18-2)13-7-8-15(19-3)14(17)10-13/h7-8,10-12,16,18H,4-6,9H2,1-3H3. The Bertz CT molecular complexity index is 421. The molecule has 3 atom stereocenters. The van der Waals surface area contributed by atoms with Gasteiger partial charge in [0, 0.05) is 6.04 Å². The van der Waals surface area contributed by atoms with Crippen molar-refractivity contribution >= 4 is 0 Å². The van der Waals surface area contributed by atoms with Crippen LogP contribution in [0.4, 0.5) is 4.39 Å². The SMILES string of the molecule is CNC(c1ccc(OC)c(F)c1)C1CCCC(C)C1. The Morgan fingerprint density at radius 3 is 2.74 bits per heavy atom. The van der Waals surface area contributed by atoms with E-state index in [4.69, 9.17) is 4.74 Å². The lowest BCUT2D eigenvalue weighted by molar-refractivity contribution is 0.229. The molecule has 19 heavy (non-hydrogen) atoms. The first kappa shape index (κ1) is 14.3. The van der Waals surface area contributed by atoms with E-state index in [2.05, 4.69) is 12.2 Å². The molecule has 2 rings (SSSR count). The first-order valence-corrected chi connectivity index (χ1v) is 7.16. The van der Waals surface area contributed by atoms with E-state index in [1.807, 2.05) is 13.1 Å². The second kappa shape index (κ2) is 6.38. The number of hydrogen-bond acceptors (Lipinski definition) is 2. The number of nitrogens with one attached hydrogen (secondary N) is 1. The fourth-order valence-electron chi connectivity index (χ4n) is 3.33. The van der Waals surface area contributed by atoms with Gasteiger partial charge < -0.3 is 10.1 Å². The second-order valence-electron chi connectivity index (χ2n) is 5.69. The summed E-state index contributed by atoms with van der Waals surface area (Å²) in [4.78, 5) is 0. The summed E-state index contributed by atoms with van der Waals surface area (Å²) in [5, 5.41) is 3.37. The molecule has 1 aliphatic carbocycles. The van der Waals surface area contributed by atoms with Gasteiger partial charge in [-0.1, -0.05) is 25.8 Å². The summed E-state index contributed by atoms with van der Waals surface area (Å²) < 4.78 is 18.8. The number of halogens is 1. The van der Waals surface area contributed by atoms with Crippen LogP contribution in [0.15, 0.2) is 18.2 Å². The molecule has 1 fully saturated rings. The third-order valence-corrected chi connectivity index (χ3v) is 4.29. The Morgan fingerprint density at radius 2 is 2.16 bits per heavy atom. The second-order valence-corrected chi connectivity index (χ2v) is 5.69. The van der Waals surface area contributed by atoms with Crippen molar-refractivity contribution in [2.45, 2.75) is 38.6 Å². The van der Waals surface area contributed by atoms with Crippen molar-refractivity contribution in [3.63, 3.8) is 0 Å². The summed E-state index contributed by atoms with van der Waals surface area (Å²) in [5.41, 5.74) is 1.03. The summed E-state index contributed by atoms with van der Waals surface area (Å²) in [6.07, 6.45) is 5.05. The Labute approximate surface area is 115 Å². The molecular weight excluding hydrogens is 241 g/mol. The highest BCUT2D eigenvalue weighted by molar-refractivity contribution is 5.31. The minimum Gasteiger partial charge on any atom is -0.494 e. The maximum Gasteiger partial charge on any atom is 0.165 e. The van der Waals surface area contributed by atoms with Crippen molar-refractivity contribution in [2.75, 3.05) is 14.2 Å². The van der Waals surface area contributed by atoms with Gasteiger partial charge in [0.05, 0.1) is 7.11 Å². The van der Waals surface area contributed by atoms with Gasteiger partial charge in [-0.15, -0.1) is 0 Å². The molecule has 0 spiro atoms. The molecule has 1 aromatic rings. The number of benzene rings is 1. The summed E-state index contributed by atoms with van der Waals surface area (Å²) in [6.45, 7) is 2.31. The van der Waals surface area contributed by atoms with Gasteiger partial charge in [-0.25, -0.2) is 4.39 Å². The molecule has 0 amide bonds. The Balaban J connectivity index is 2.19. The van der Waals surface area contributed by atoms with Crippen LogP contribution in [-0.4, -0.2) is 14.2 Å². The van der Waals surface area contributed by atoms with Crippen LogP contribution in [0.3, 0.4) is 0 Å². The van der Waals surface area contributed by atoms with Crippen LogP contribution in [0.2, 0.25) is 0 Å². The lowest BCUT2D eigenvalue weighted by atomic mass is 9.77. The Kier molecular flexibility index (Phi) is 4.81. The number of rotatable bonds is 4. The maximum absolute atomic E-state index is 13.8. The molecule has 3 heteroatoms. The van der Waals surface area contributed by atoms with Crippen LogP contribution in [-0.2, 0) is 0 Å². The van der Waals surface area contributed by atoms with Crippen LogP contribution < -0.4 is 10.1 Å². The first-order valence-electron chi connectivity index (χ1n) is 7.16. The van der Waals surface area contributed by atoms with Gasteiger partial charge in [0.2, 0.25) is 0 Å². The molecule has 0 radical (unpaired) electrons. The van der Waals surface area contributed by atoms with Crippen molar-refractivity contribution in [1.29, 1.82) is 0 Å². The average molecular weight is 265 g/mol. The van der Waals surface area contributed by atoms with Crippen molar-refractivity contribution < 1.29 is 9.13 Å². The monoisotopic (exact) mass is 265 g/mol. The highest BCUT2D eigenvalue weighted by Crippen LogP contribution is 2.37. The van der Waals surface area contributed by atoms with E-state index < -0.39 is 0 Å². The number of methoxy groups -OCH3 is 1. The molecule has 1 aromatic carbocycles. The minimum atomic E-state index is -0.274. The van der Waals surface area contributed by atoms with Gasteiger partial charge >= 0.3 is 0 Å². The van der Waals surface area contributed by atoms with Crippen LogP contribution >= 0.6 is 0 Å². The van der Waals surface area contributed by atoms with E-state index in [0.29, 0.717) is 11.7 Å². The summed E-state index contributed by atoms with van der Waals surface area (Å²) in [5.74, 6) is 1.42. The van der Waals surface area contributed by atoms with Gasteiger partial charge in [0.15, 0.2) is 11.6 Å². The highest BCUT2D eigenvalue weighted by atomic mass is 19.1. The minimum absolute atomic E-state index is 0.239. The zero-order valence-corrected chi connectivity index (χ0v) is 12.1. The van der Waals surface area contributed by atoms with E-state index in [1.165, 1.54) is 32.8 Å². The van der Waals surface area contributed by atoms with E-state index in [1.54, 1.807) is 12.1 Å². The normalized spacial score (nSPS) is 25.1. The third kappa shape index (κ3) is 3.27. The predicted molar refractivity (Wildman–Crippen MR) is 75.9 cm³/mol. The zero-order chi connectivity index (χ0) is 13.8. The van der Waals surface area contributed by atoms with E-state index >= 15 is 0 Å². The van der Waals surface area contributed by atoms with E-state index in [-0.39, 0.29) is 11.9 Å². The first-order chi connectivity index (χ1) is 9.15. The molecule has 0 heterocycles. The van der Waals surface area contributed by atoms with Gasteiger partial charge in [-0.3, -0.25) is 0 Å². The van der Waals surface area contributed by atoms with Gasteiger partial charge in [0.25, 0.3) is 0 Å². The lowest BCUT2D eigenvalue weighted by Gasteiger charge is -2.33. The molecular formula is C16H24FNO. The van der Waals surface area contributed by atoms with Crippen molar-refractivity contribution in [2.24, 2.45) is 11.8 Å². The van der Waals surface area contributed by atoms with E-state index in [9.17, 15) is 4.39 Å². The largest absolute Gasteiger partial charge is 0.494 e. The molecule has 1 N–H and O–H groups in total. The molecule has 0 saturated heterocycles. The smallest absolute Gasteiger partial charge is 0.165 e. The van der Waals surface area contributed by atoms with E-state index in [0.717, 1.165) is 11.5 Å². The van der Waals surface area contributed by atoms with Gasteiger partial charge in [0.1, 0.15) is 0 Å². The van der Waals surface area contributed by atoms with Crippen molar-refractivity contribution in [3.05, 3.63) is 29.6 Å². The van der Waals surface area contributed by atoms with Crippen molar-refractivity contribution in [3.8, 4) is 5.75 Å². The summed E-state index contributed by atoms with van der Waals surface area (Å²) in [7, 11) is 3.46. The maximum atomic E-state index is 13.8. The molecule has 0 aliphatic heterocycles. The quantitative estimate of drug-likeness (QED) is 0.891. The van der Waals surface area contributed by atoms with Crippen molar-refractivity contribution in [1.82, 2.24) is 5.32 Å². The molecule has 106 valence electrons. The molecule has 2 nitrogen and oxygen atoms in total. The fourth-order valence-corrected chi connectivity index (χ4v) is 3.33. The Hall–Kier alpha value is -1.09. The van der Waals surface area contributed by atoms with Crippen LogP contribution in [0, 0.1) is 17.7 Å². The van der Waals surface area contributed by atoms with Crippen LogP contribution in [0.5, 0.6) is 5.75 Å². The molecule has 0 aromatic heterocycles. The Morgan fingerprint density at radius 1 is 1.37 bits per heavy atom. The topological polar surface area (TPSA) is 21.3 Å².